The van der Waals surface area contributed by atoms with Gasteiger partial charge in [-0.2, -0.15) is 0 Å². The molecule has 0 aliphatic rings. The molecule has 0 bridgehead atoms. The van der Waals surface area contributed by atoms with E-state index in [0.29, 0.717) is 12.0 Å². The molecule has 0 atom stereocenters. The van der Waals surface area contributed by atoms with Gasteiger partial charge in [0, 0.05) is 35.1 Å². The molecule has 0 fully saturated rings. The number of aliphatic hydroxyl groups excluding tert-OH is 1. The van der Waals surface area contributed by atoms with E-state index in [-0.39, 0.29) is 35.3 Å². The van der Waals surface area contributed by atoms with Gasteiger partial charge in [-0.25, -0.2) is 0 Å². The van der Waals surface area contributed by atoms with E-state index in [9.17, 15) is 4.79 Å². The van der Waals surface area contributed by atoms with Gasteiger partial charge in [0.2, 0.25) is 0 Å². The number of unbranched alkanes of at least 4 members (excludes halogenated alkanes) is 1. The summed E-state index contributed by atoms with van der Waals surface area (Å²) >= 11 is 0. The van der Waals surface area contributed by atoms with Gasteiger partial charge in [0.05, 0.1) is 6.26 Å². The Morgan fingerprint density at radius 1 is 1.55 bits per heavy atom. The van der Waals surface area contributed by atoms with Crippen LogP contribution < -0.4 is 0 Å². The normalized spacial score (nSPS) is 10.5. The van der Waals surface area contributed by atoms with E-state index >= 15 is 0 Å². The molecule has 0 aromatic carbocycles. The molecule has 59 valence electrons. The topological polar surface area (TPSA) is 37.3 Å². The second-order valence-corrected chi connectivity index (χ2v) is 2.31. The Balaban J connectivity index is 0. The Morgan fingerprint density at radius 3 is 2.36 bits per heavy atom. The largest absolute Gasteiger partial charge is 0.515 e. The maximum Gasteiger partial charge on any atom is 0.158 e. The Hall–Kier alpha value is 0.210. The molecule has 0 aliphatic heterocycles. The Kier molecular flexibility index (Phi) is 10.4. The van der Waals surface area contributed by atoms with Crippen LogP contribution in [0.4, 0.5) is 0 Å². The van der Waals surface area contributed by atoms with Crippen molar-refractivity contribution >= 4 is 35.3 Å². The zero-order chi connectivity index (χ0) is 7.98. The molecule has 11 heavy (non-hydrogen) atoms. The van der Waals surface area contributed by atoms with Gasteiger partial charge in [-0.05, 0) is 19.8 Å². The van der Waals surface area contributed by atoms with Crippen molar-refractivity contribution in [2.24, 2.45) is 0 Å². The average Bonchev–Trinajstić information content (AvgIpc) is 1.89. The first-order valence-electron chi connectivity index (χ1n) is 3.56. The number of rotatable bonds is 4. The van der Waals surface area contributed by atoms with Gasteiger partial charge < -0.3 is 5.11 Å². The predicted molar refractivity (Wildman–Crippen MR) is 46.7 cm³/mol. The Labute approximate surface area is 90.0 Å². The zero-order valence-electron chi connectivity index (χ0n) is 7.55. The first kappa shape index (κ1) is 13.8. The summed E-state index contributed by atoms with van der Waals surface area (Å²) in [6.45, 7) is 3.52. The molecule has 0 saturated heterocycles. The third-order valence-corrected chi connectivity index (χ3v) is 1.41. The molecule has 0 rings (SSSR count). The van der Waals surface area contributed by atoms with Crippen LogP contribution in [-0.4, -0.2) is 40.4 Å². The molecule has 0 unspecified atom stereocenters. The van der Waals surface area contributed by atoms with Crippen LogP contribution in [0.15, 0.2) is 11.8 Å². The van der Waals surface area contributed by atoms with Crippen molar-refractivity contribution < 1.29 is 9.90 Å². The molecule has 0 aromatic heterocycles. The summed E-state index contributed by atoms with van der Waals surface area (Å²) in [6.07, 6.45) is 3.62. The molecular weight excluding hydrogens is 151 g/mol. The van der Waals surface area contributed by atoms with Crippen molar-refractivity contribution in [1.82, 2.24) is 0 Å². The van der Waals surface area contributed by atoms with E-state index in [1.807, 2.05) is 0 Å². The van der Waals surface area contributed by atoms with Crippen molar-refractivity contribution in [3.63, 3.8) is 0 Å². The number of carbonyl (C=O) groups excluding carboxylic acids is 1. The quantitative estimate of drug-likeness (QED) is 0.392. The molecule has 3 heteroatoms. The molecule has 0 heterocycles. The van der Waals surface area contributed by atoms with Crippen LogP contribution >= 0.6 is 0 Å². The van der Waals surface area contributed by atoms with Crippen molar-refractivity contribution in [2.45, 2.75) is 33.1 Å². The van der Waals surface area contributed by atoms with Crippen LogP contribution in [0.5, 0.6) is 0 Å². The van der Waals surface area contributed by atoms with Crippen LogP contribution in [0.25, 0.3) is 0 Å². The van der Waals surface area contributed by atoms with E-state index < -0.39 is 0 Å². The Bertz CT molecular complexity index is 141. The third kappa shape index (κ3) is 6.60. The summed E-state index contributed by atoms with van der Waals surface area (Å²) in [4.78, 5) is 10.7. The molecule has 1 N–H and O–H groups in total. The number of ketones is 1. The summed E-state index contributed by atoms with van der Waals surface area (Å²) in [5.41, 5.74) is 0.529. The van der Waals surface area contributed by atoms with Crippen molar-refractivity contribution in [2.75, 3.05) is 0 Å². The predicted octanol–water partition coefficient (Wildman–Crippen LogP) is 1.83. The van der Waals surface area contributed by atoms with E-state index in [1.165, 1.54) is 6.92 Å². The first-order valence-corrected chi connectivity index (χ1v) is 3.56. The van der Waals surface area contributed by atoms with Crippen molar-refractivity contribution in [3.8, 4) is 0 Å². The number of allylic oxidation sites excluding steroid dienone is 1. The average molecular weight is 165 g/mol. The number of hydrogen-bond acceptors (Lipinski definition) is 2. The van der Waals surface area contributed by atoms with Crippen LogP contribution in [0.2, 0.25) is 0 Å². The minimum absolute atomic E-state index is 0. The molecule has 0 aromatic rings. The summed E-state index contributed by atoms with van der Waals surface area (Å²) in [5, 5.41) is 8.54. The standard InChI is InChI=1S/C8H14O2.Na/c1-3-4-5-8(6-9)7(2)10;/h6,9H,3-5H2,1-2H3;. The molecule has 0 saturated carbocycles. The van der Waals surface area contributed by atoms with E-state index in [0.717, 1.165) is 19.1 Å². The molecular formula is C8H14NaO2. The minimum Gasteiger partial charge on any atom is -0.515 e. The van der Waals surface area contributed by atoms with Crippen LogP contribution in [0.1, 0.15) is 33.1 Å². The fraction of sp³-hybridized carbons (Fsp3) is 0.625. The number of Topliss-reactive ketones (excluding diaryl/α,β-unsaturated/α-hetero) is 1. The zero-order valence-corrected chi connectivity index (χ0v) is 9.55. The van der Waals surface area contributed by atoms with E-state index in [1.54, 1.807) is 0 Å². The second-order valence-electron chi connectivity index (χ2n) is 2.31. The van der Waals surface area contributed by atoms with Crippen molar-refractivity contribution in [1.29, 1.82) is 0 Å². The summed E-state index contributed by atoms with van der Waals surface area (Å²) in [5.74, 6) is -0.0315. The van der Waals surface area contributed by atoms with Crippen molar-refractivity contribution in [3.05, 3.63) is 11.8 Å². The maximum atomic E-state index is 10.7. The van der Waals surface area contributed by atoms with E-state index in [2.05, 4.69) is 6.92 Å². The summed E-state index contributed by atoms with van der Waals surface area (Å²) < 4.78 is 0. The Morgan fingerprint density at radius 2 is 2.09 bits per heavy atom. The molecule has 0 aliphatic carbocycles. The monoisotopic (exact) mass is 165 g/mol. The molecule has 0 spiro atoms. The molecule has 1 radical (unpaired) electrons. The number of hydrogen-bond donors (Lipinski definition) is 1. The van der Waals surface area contributed by atoms with Gasteiger partial charge in [-0.1, -0.05) is 13.3 Å². The van der Waals surface area contributed by atoms with Gasteiger partial charge >= 0.3 is 0 Å². The van der Waals surface area contributed by atoms with Gasteiger partial charge in [0.15, 0.2) is 5.78 Å². The molecule has 0 amide bonds. The second kappa shape index (κ2) is 8.31. The number of aliphatic hydroxyl groups is 1. The van der Waals surface area contributed by atoms with Gasteiger partial charge in [0.1, 0.15) is 0 Å². The fourth-order valence-electron chi connectivity index (χ4n) is 0.699. The fourth-order valence-corrected chi connectivity index (χ4v) is 0.699. The van der Waals surface area contributed by atoms with Gasteiger partial charge in [-0.3, -0.25) is 4.79 Å². The smallest absolute Gasteiger partial charge is 0.158 e. The third-order valence-electron chi connectivity index (χ3n) is 1.41. The maximum absolute atomic E-state index is 10.7. The SMILES string of the molecule is CCCCC(=CO)C(C)=O.[Na]. The van der Waals surface area contributed by atoms with Gasteiger partial charge in [-0.15, -0.1) is 0 Å². The van der Waals surface area contributed by atoms with Crippen LogP contribution in [-0.2, 0) is 4.79 Å². The van der Waals surface area contributed by atoms with Crippen LogP contribution in [0, 0.1) is 0 Å². The number of carbonyl (C=O) groups is 1. The molecule has 2 nitrogen and oxygen atoms in total. The minimum atomic E-state index is -0.0315. The summed E-state index contributed by atoms with van der Waals surface area (Å²) in [6, 6.07) is 0. The first-order chi connectivity index (χ1) is 4.72. The van der Waals surface area contributed by atoms with Gasteiger partial charge in [0.25, 0.3) is 0 Å². The summed E-state index contributed by atoms with van der Waals surface area (Å²) in [7, 11) is 0. The van der Waals surface area contributed by atoms with E-state index in [4.69, 9.17) is 5.11 Å². The van der Waals surface area contributed by atoms with Crippen LogP contribution in [0.3, 0.4) is 0 Å².